The van der Waals surface area contributed by atoms with Crippen molar-refractivity contribution in [2.45, 2.75) is 26.1 Å². The van der Waals surface area contributed by atoms with Gasteiger partial charge in [0.25, 0.3) is 0 Å². The zero-order valence-electron chi connectivity index (χ0n) is 14.9. The van der Waals surface area contributed by atoms with Crippen LogP contribution in [0, 0.1) is 0 Å². The second kappa shape index (κ2) is 8.22. The highest BCUT2D eigenvalue weighted by Gasteiger charge is 2.20. The third kappa shape index (κ3) is 4.85. The first-order chi connectivity index (χ1) is 12.9. The molecule has 27 heavy (non-hydrogen) atoms. The van der Waals surface area contributed by atoms with Gasteiger partial charge >= 0.3 is 6.61 Å². The monoisotopic (exact) mass is 378 g/mol. The molecule has 0 saturated heterocycles. The van der Waals surface area contributed by atoms with Crippen molar-refractivity contribution >= 4 is 11.6 Å². The van der Waals surface area contributed by atoms with Gasteiger partial charge in [-0.25, -0.2) is 0 Å². The first-order valence-electron chi connectivity index (χ1n) is 8.37. The number of nitrogens with one attached hydrogen (secondary N) is 1. The molecule has 0 fully saturated rings. The van der Waals surface area contributed by atoms with E-state index in [1.165, 1.54) is 24.3 Å². The largest absolute Gasteiger partial charge is 0.454 e. The highest BCUT2D eigenvalue weighted by Crippen LogP contribution is 2.32. The van der Waals surface area contributed by atoms with Gasteiger partial charge in [-0.3, -0.25) is 9.69 Å². The molecular weight excluding hydrogens is 358 g/mol. The van der Waals surface area contributed by atoms with Crippen LogP contribution in [0.4, 0.5) is 14.5 Å². The third-order valence-corrected chi connectivity index (χ3v) is 4.26. The molecule has 1 atom stereocenters. The summed E-state index contributed by atoms with van der Waals surface area (Å²) in [5.74, 6) is 1.24. The zero-order chi connectivity index (χ0) is 19.4. The molecule has 0 radical (unpaired) electrons. The SMILES string of the molecule is C[C@@H](C(=O)Nc1ccc(OC(F)F)cc1)N(C)Cc1ccc2c(c1)OCO2. The molecule has 0 bridgehead atoms. The van der Waals surface area contributed by atoms with Gasteiger partial charge in [0.1, 0.15) is 5.75 Å². The molecule has 2 aromatic rings. The quantitative estimate of drug-likeness (QED) is 0.799. The van der Waals surface area contributed by atoms with Crippen LogP contribution >= 0.6 is 0 Å². The predicted molar refractivity (Wildman–Crippen MR) is 95.2 cm³/mol. The van der Waals surface area contributed by atoms with Crippen molar-refractivity contribution in [3.63, 3.8) is 0 Å². The summed E-state index contributed by atoms with van der Waals surface area (Å²) in [6.45, 7) is -0.326. The Hall–Kier alpha value is -2.87. The van der Waals surface area contributed by atoms with Crippen molar-refractivity contribution in [2.75, 3.05) is 19.2 Å². The molecule has 1 amide bonds. The standard InChI is InChI=1S/C19H20F2N2O4/c1-12(18(24)22-14-4-6-15(7-5-14)27-19(20)21)23(2)10-13-3-8-16-17(9-13)26-11-25-16/h3-9,12,19H,10-11H2,1-2H3,(H,22,24)/t12-/m0/s1. The molecular formula is C19H20F2N2O4. The molecule has 0 unspecified atom stereocenters. The van der Waals surface area contributed by atoms with Gasteiger partial charge in [-0.2, -0.15) is 8.78 Å². The average Bonchev–Trinajstić information content (AvgIpc) is 3.10. The lowest BCUT2D eigenvalue weighted by molar-refractivity contribution is -0.120. The molecule has 1 aliphatic rings. The number of anilines is 1. The number of carbonyl (C=O) groups is 1. The zero-order valence-corrected chi connectivity index (χ0v) is 14.9. The first kappa shape index (κ1) is 18.9. The number of rotatable bonds is 7. The Morgan fingerprint density at radius 3 is 2.59 bits per heavy atom. The highest BCUT2D eigenvalue weighted by atomic mass is 19.3. The predicted octanol–water partition coefficient (Wildman–Crippen LogP) is 3.48. The van der Waals surface area contributed by atoms with Crippen LogP contribution < -0.4 is 19.5 Å². The summed E-state index contributed by atoms with van der Waals surface area (Å²) in [7, 11) is 1.84. The fourth-order valence-electron chi connectivity index (χ4n) is 2.63. The third-order valence-electron chi connectivity index (χ3n) is 4.26. The summed E-state index contributed by atoms with van der Waals surface area (Å²) in [4.78, 5) is 14.3. The van der Waals surface area contributed by atoms with Crippen molar-refractivity contribution in [1.29, 1.82) is 0 Å². The van der Waals surface area contributed by atoms with Crippen LogP contribution in [0.1, 0.15) is 12.5 Å². The van der Waals surface area contributed by atoms with E-state index < -0.39 is 12.7 Å². The maximum atomic E-state index is 12.4. The Morgan fingerprint density at radius 1 is 1.19 bits per heavy atom. The Bertz CT molecular complexity index is 799. The molecule has 2 aromatic carbocycles. The Labute approximate surface area is 155 Å². The minimum absolute atomic E-state index is 0.0379. The molecule has 6 nitrogen and oxygen atoms in total. The molecule has 0 aliphatic carbocycles. The number of ether oxygens (including phenoxy) is 3. The van der Waals surface area contributed by atoms with Crippen molar-refractivity contribution in [3.8, 4) is 17.2 Å². The maximum Gasteiger partial charge on any atom is 0.387 e. The van der Waals surface area contributed by atoms with E-state index in [0.717, 1.165) is 5.56 Å². The smallest absolute Gasteiger partial charge is 0.387 e. The van der Waals surface area contributed by atoms with Crippen LogP contribution in [0.5, 0.6) is 17.2 Å². The lowest BCUT2D eigenvalue weighted by atomic mass is 10.1. The molecule has 3 rings (SSSR count). The molecule has 0 aromatic heterocycles. The van der Waals surface area contributed by atoms with Gasteiger partial charge in [0.05, 0.1) is 6.04 Å². The number of likely N-dealkylation sites (N-methyl/N-ethyl adjacent to an activating group) is 1. The van der Waals surface area contributed by atoms with Gasteiger partial charge in [0.15, 0.2) is 11.5 Å². The fourth-order valence-corrected chi connectivity index (χ4v) is 2.63. The number of hydrogen-bond acceptors (Lipinski definition) is 5. The molecule has 1 aliphatic heterocycles. The van der Waals surface area contributed by atoms with E-state index in [1.54, 1.807) is 6.92 Å². The van der Waals surface area contributed by atoms with E-state index in [2.05, 4.69) is 10.1 Å². The van der Waals surface area contributed by atoms with Gasteiger partial charge in [0.2, 0.25) is 12.7 Å². The molecule has 1 heterocycles. The van der Waals surface area contributed by atoms with E-state index in [1.807, 2.05) is 30.1 Å². The van der Waals surface area contributed by atoms with E-state index >= 15 is 0 Å². The topological polar surface area (TPSA) is 60.0 Å². The summed E-state index contributed by atoms with van der Waals surface area (Å²) < 4.78 is 39.3. The van der Waals surface area contributed by atoms with Crippen LogP contribution in [-0.2, 0) is 11.3 Å². The Balaban J connectivity index is 1.56. The number of hydrogen-bond donors (Lipinski definition) is 1. The normalized spacial score (nSPS) is 13.7. The van der Waals surface area contributed by atoms with Crippen LogP contribution in [-0.4, -0.2) is 37.3 Å². The summed E-state index contributed by atoms with van der Waals surface area (Å²) >= 11 is 0. The minimum atomic E-state index is -2.88. The summed E-state index contributed by atoms with van der Waals surface area (Å²) in [6.07, 6.45) is 0. The van der Waals surface area contributed by atoms with Crippen LogP contribution in [0.15, 0.2) is 42.5 Å². The number of alkyl halides is 2. The van der Waals surface area contributed by atoms with Crippen molar-refractivity contribution in [2.24, 2.45) is 0 Å². The maximum absolute atomic E-state index is 12.4. The van der Waals surface area contributed by atoms with E-state index in [9.17, 15) is 13.6 Å². The fraction of sp³-hybridized carbons (Fsp3) is 0.316. The van der Waals surface area contributed by atoms with Gasteiger partial charge in [0, 0.05) is 12.2 Å². The summed E-state index contributed by atoms with van der Waals surface area (Å²) in [5, 5.41) is 2.76. The molecule has 144 valence electrons. The van der Waals surface area contributed by atoms with Crippen molar-refractivity contribution in [1.82, 2.24) is 4.90 Å². The van der Waals surface area contributed by atoms with Gasteiger partial charge in [-0.1, -0.05) is 6.07 Å². The number of halogens is 2. The first-order valence-corrected chi connectivity index (χ1v) is 8.37. The number of amides is 1. The van der Waals surface area contributed by atoms with Crippen molar-refractivity contribution < 1.29 is 27.8 Å². The minimum Gasteiger partial charge on any atom is -0.454 e. The van der Waals surface area contributed by atoms with Crippen molar-refractivity contribution in [3.05, 3.63) is 48.0 Å². The van der Waals surface area contributed by atoms with E-state index in [4.69, 9.17) is 9.47 Å². The number of nitrogens with zero attached hydrogens (tertiary/aromatic N) is 1. The number of fused-ring (bicyclic) bond motifs is 1. The Morgan fingerprint density at radius 2 is 1.89 bits per heavy atom. The molecule has 8 heteroatoms. The number of carbonyl (C=O) groups excluding carboxylic acids is 1. The van der Waals surface area contributed by atoms with Crippen LogP contribution in [0.3, 0.4) is 0 Å². The number of benzene rings is 2. The van der Waals surface area contributed by atoms with Gasteiger partial charge in [-0.05, 0) is 55.9 Å². The summed E-state index contributed by atoms with van der Waals surface area (Å²) in [5.41, 5.74) is 1.50. The second-order valence-corrected chi connectivity index (χ2v) is 6.17. The molecule has 0 saturated carbocycles. The van der Waals surface area contributed by atoms with Gasteiger partial charge in [-0.15, -0.1) is 0 Å². The second-order valence-electron chi connectivity index (χ2n) is 6.17. The Kier molecular flexibility index (Phi) is 5.75. The average molecular weight is 378 g/mol. The molecule has 0 spiro atoms. The lowest BCUT2D eigenvalue weighted by Gasteiger charge is -2.24. The van der Waals surface area contributed by atoms with E-state index in [-0.39, 0.29) is 18.4 Å². The van der Waals surface area contributed by atoms with E-state index in [0.29, 0.717) is 23.7 Å². The van der Waals surface area contributed by atoms with Crippen LogP contribution in [0.2, 0.25) is 0 Å². The highest BCUT2D eigenvalue weighted by molar-refractivity contribution is 5.94. The molecule has 1 N–H and O–H groups in total. The van der Waals surface area contributed by atoms with Crippen LogP contribution in [0.25, 0.3) is 0 Å². The summed E-state index contributed by atoms with van der Waals surface area (Å²) in [6, 6.07) is 11.0. The van der Waals surface area contributed by atoms with Gasteiger partial charge < -0.3 is 19.5 Å². The lowest BCUT2D eigenvalue weighted by Crippen LogP contribution is -2.39.